The Labute approximate surface area is 178 Å². The molecule has 1 atom stereocenters. The number of rotatable bonds is 7. The Morgan fingerprint density at radius 2 is 1.97 bits per heavy atom. The van der Waals surface area contributed by atoms with Crippen LogP contribution in [0.1, 0.15) is 51.0 Å². The maximum Gasteiger partial charge on any atom is 0.225 e. The first-order valence-corrected chi connectivity index (χ1v) is 11.1. The van der Waals surface area contributed by atoms with Crippen molar-refractivity contribution in [3.8, 4) is 5.75 Å². The van der Waals surface area contributed by atoms with Crippen LogP contribution in [0.4, 0.5) is 4.39 Å². The van der Waals surface area contributed by atoms with E-state index in [4.69, 9.17) is 4.74 Å². The van der Waals surface area contributed by atoms with Gasteiger partial charge in [-0.1, -0.05) is 13.0 Å². The number of carbonyl (C=O) groups excluding carboxylic acids is 2. The molecule has 7 heteroatoms. The van der Waals surface area contributed by atoms with Gasteiger partial charge in [0.15, 0.2) is 11.6 Å². The molecule has 30 heavy (non-hydrogen) atoms. The molecule has 0 radical (unpaired) electrons. The highest BCUT2D eigenvalue weighted by atomic mass is 19.1. The summed E-state index contributed by atoms with van der Waals surface area (Å²) in [4.78, 5) is 29.0. The summed E-state index contributed by atoms with van der Waals surface area (Å²) in [6.45, 7) is 5.75. The Balaban J connectivity index is 1.43. The van der Waals surface area contributed by atoms with Crippen molar-refractivity contribution in [1.82, 2.24) is 15.1 Å². The monoisotopic (exact) mass is 419 g/mol. The third kappa shape index (κ3) is 5.94. The number of likely N-dealkylation sites (tertiary alicyclic amines) is 2. The van der Waals surface area contributed by atoms with Gasteiger partial charge in [-0.05, 0) is 49.8 Å². The summed E-state index contributed by atoms with van der Waals surface area (Å²) in [5.74, 6) is 0.0757. The van der Waals surface area contributed by atoms with Crippen LogP contribution in [0.2, 0.25) is 0 Å². The summed E-state index contributed by atoms with van der Waals surface area (Å²) in [6.07, 6.45) is 4.91. The Morgan fingerprint density at radius 1 is 1.20 bits per heavy atom. The molecule has 6 nitrogen and oxygen atoms in total. The third-order valence-electron chi connectivity index (χ3n) is 6.17. The molecule has 166 valence electrons. The second kappa shape index (κ2) is 10.8. The zero-order valence-electron chi connectivity index (χ0n) is 18.2. The number of piperidine rings is 2. The fourth-order valence-electron chi connectivity index (χ4n) is 4.41. The zero-order valence-corrected chi connectivity index (χ0v) is 18.2. The van der Waals surface area contributed by atoms with Crippen LogP contribution in [-0.4, -0.2) is 60.9 Å². The standard InChI is InChI=1S/C23H34FN3O3/c1-3-5-22(28)27-11-4-6-18(16-27)23(29)25-19-9-12-26(13-10-19)15-17-7-8-21(30-2)20(24)14-17/h7-8,14,18-19H,3-6,9-13,15-16H2,1-2H3,(H,25,29). The van der Waals surface area contributed by atoms with Crippen molar-refractivity contribution in [2.75, 3.05) is 33.3 Å². The van der Waals surface area contributed by atoms with Gasteiger partial charge in [-0.25, -0.2) is 4.39 Å². The lowest BCUT2D eigenvalue weighted by Gasteiger charge is -2.35. The highest BCUT2D eigenvalue weighted by molar-refractivity contribution is 5.81. The van der Waals surface area contributed by atoms with Gasteiger partial charge in [-0.3, -0.25) is 14.5 Å². The molecule has 1 unspecified atom stereocenters. The van der Waals surface area contributed by atoms with E-state index in [0.717, 1.165) is 57.3 Å². The number of halogens is 1. The molecule has 1 N–H and O–H groups in total. The Kier molecular flexibility index (Phi) is 8.08. The minimum absolute atomic E-state index is 0.0830. The van der Waals surface area contributed by atoms with Gasteiger partial charge >= 0.3 is 0 Å². The molecular weight excluding hydrogens is 385 g/mol. The van der Waals surface area contributed by atoms with Crippen molar-refractivity contribution < 1.29 is 18.7 Å². The van der Waals surface area contributed by atoms with Crippen LogP contribution >= 0.6 is 0 Å². The Hall–Kier alpha value is -2.15. The van der Waals surface area contributed by atoms with Crippen LogP contribution in [0.25, 0.3) is 0 Å². The molecule has 2 aliphatic heterocycles. The molecular formula is C23H34FN3O3. The van der Waals surface area contributed by atoms with Gasteiger partial charge in [0, 0.05) is 45.2 Å². The lowest BCUT2D eigenvalue weighted by molar-refractivity contribution is -0.136. The van der Waals surface area contributed by atoms with Gasteiger partial charge in [0.2, 0.25) is 11.8 Å². The van der Waals surface area contributed by atoms with Crippen molar-refractivity contribution >= 4 is 11.8 Å². The van der Waals surface area contributed by atoms with Crippen molar-refractivity contribution in [3.05, 3.63) is 29.6 Å². The number of nitrogens with zero attached hydrogens (tertiary/aromatic N) is 2. The van der Waals surface area contributed by atoms with Crippen LogP contribution in [0.5, 0.6) is 5.75 Å². The molecule has 0 spiro atoms. The van der Waals surface area contributed by atoms with Crippen molar-refractivity contribution in [1.29, 1.82) is 0 Å². The van der Waals surface area contributed by atoms with E-state index in [-0.39, 0.29) is 35.3 Å². The molecule has 2 saturated heterocycles. The van der Waals surface area contributed by atoms with E-state index in [1.807, 2.05) is 17.9 Å². The van der Waals surface area contributed by atoms with Gasteiger partial charge in [0.1, 0.15) is 0 Å². The predicted octanol–water partition coefficient (Wildman–Crippen LogP) is 2.95. The van der Waals surface area contributed by atoms with Crippen LogP contribution in [0.15, 0.2) is 18.2 Å². The van der Waals surface area contributed by atoms with E-state index in [1.54, 1.807) is 6.07 Å². The average molecular weight is 420 g/mol. The fourth-order valence-corrected chi connectivity index (χ4v) is 4.41. The number of amides is 2. The number of ether oxygens (including phenoxy) is 1. The van der Waals surface area contributed by atoms with Gasteiger partial charge in [-0.2, -0.15) is 0 Å². The SMILES string of the molecule is CCCC(=O)N1CCCC(C(=O)NC2CCN(Cc3ccc(OC)c(F)c3)CC2)C1. The number of hydrogen-bond donors (Lipinski definition) is 1. The number of methoxy groups -OCH3 is 1. The molecule has 2 heterocycles. The largest absolute Gasteiger partial charge is 0.494 e. The van der Waals surface area contributed by atoms with E-state index >= 15 is 0 Å². The maximum absolute atomic E-state index is 13.9. The van der Waals surface area contributed by atoms with Gasteiger partial charge in [0.05, 0.1) is 13.0 Å². The molecule has 1 aromatic rings. The highest BCUT2D eigenvalue weighted by Gasteiger charge is 2.30. The molecule has 3 rings (SSSR count). The average Bonchev–Trinajstić information content (AvgIpc) is 2.75. The van der Waals surface area contributed by atoms with Gasteiger partial charge in [0.25, 0.3) is 0 Å². The maximum atomic E-state index is 13.9. The first kappa shape index (κ1) is 22.5. The van der Waals surface area contributed by atoms with Crippen LogP contribution in [-0.2, 0) is 16.1 Å². The molecule has 2 fully saturated rings. The quantitative estimate of drug-likeness (QED) is 0.738. The number of nitrogens with one attached hydrogen (secondary N) is 1. The number of benzene rings is 1. The van der Waals surface area contributed by atoms with Crippen molar-refractivity contribution in [3.63, 3.8) is 0 Å². The van der Waals surface area contributed by atoms with Crippen molar-refractivity contribution in [2.24, 2.45) is 5.92 Å². The second-order valence-electron chi connectivity index (χ2n) is 8.46. The topological polar surface area (TPSA) is 61.9 Å². The zero-order chi connectivity index (χ0) is 21.5. The second-order valence-corrected chi connectivity index (χ2v) is 8.46. The summed E-state index contributed by atoms with van der Waals surface area (Å²) >= 11 is 0. The molecule has 0 saturated carbocycles. The highest BCUT2D eigenvalue weighted by Crippen LogP contribution is 2.22. The Bertz CT molecular complexity index is 734. The van der Waals surface area contributed by atoms with Crippen LogP contribution in [0.3, 0.4) is 0 Å². The molecule has 0 aromatic heterocycles. The summed E-state index contributed by atoms with van der Waals surface area (Å²) < 4.78 is 18.9. The molecule has 1 aromatic carbocycles. The van der Waals surface area contributed by atoms with E-state index in [9.17, 15) is 14.0 Å². The minimum atomic E-state index is -0.337. The smallest absolute Gasteiger partial charge is 0.225 e. The molecule has 2 amide bonds. The van der Waals surface area contributed by atoms with Crippen molar-refractivity contribution in [2.45, 2.75) is 58.0 Å². The van der Waals surface area contributed by atoms with Gasteiger partial charge < -0.3 is 15.0 Å². The van der Waals surface area contributed by atoms with E-state index in [0.29, 0.717) is 19.5 Å². The normalized spacial score (nSPS) is 20.8. The Morgan fingerprint density at radius 3 is 2.63 bits per heavy atom. The molecule has 2 aliphatic rings. The minimum Gasteiger partial charge on any atom is -0.494 e. The fraction of sp³-hybridized carbons (Fsp3) is 0.652. The number of hydrogen-bond acceptors (Lipinski definition) is 4. The van der Waals surface area contributed by atoms with Crippen LogP contribution in [0, 0.1) is 11.7 Å². The van der Waals surface area contributed by atoms with E-state index in [1.165, 1.54) is 13.2 Å². The lowest BCUT2D eigenvalue weighted by Crippen LogP contribution is -2.50. The first-order valence-electron chi connectivity index (χ1n) is 11.1. The summed E-state index contributed by atoms with van der Waals surface area (Å²) in [6, 6.07) is 5.25. The number of carbonyl (C=O) groups is 2. The van der Waals surface area contributed by atoms with Gasteiger partial charge in [-0.15, -0.1) is 0 Å². The summed E-state index contributed by atoms with van der Waals surface area (Å²) in [5.41, 5.74) is 0.926. The van der Waals surface area contributed by atoms with E-state index in [2.05, 4.69) is 10.2 Å². The van der Waals surface area contributed by atoms with E-state index < -0.39 is 0 Å². The molecule has 0 aliphatic carbocycles. The molecule has 0 bridgehead atoms. The summed E-state index contributed by atoms with van der Waals surface area (Å²) in [5, 5.41) is 3.21. The third-order valence-corrected chi connectivity index (χ3v) is 6.17. The lowest BCUT2D eigenvalue weighted by atomic mass is 9.95. The van der Waals surface area contributed by atoms with Crippen LogP contribution < -0.4 is 10.1 Å². The predicted molar refractivity (Wildman–Crippen MR) is 114 cm³/mol. The first-order chi connectivity index (χ1) is 14.5. The summed E-state index contributed by atoms with van der Waals surface area (Å²) in [7, 11) is 1.46.